The summed E-state index contributed by atoms with van der Waals surface area (Å²) in [7, 11) is 0. The highest BCUT2D eigenvalue weighted by Gasteiger charge is 2.72. The molecule has 0 spiro atoms. The highest BCUT2D eigenvalue weighted by atomic mass is 16.6. The number of nitrogens with one attached hydrogen (secondary N) is 2. The van der Waals surface area contributed by atoms with E-state index in [1.807, 2.05) is 6.92 Å². The molecule has 3 N–H and O–H groups in total. The predicted octanol–water partition coefficient (Wildman–Crippen LogP) is 7.04. The van der Waals surface area contributed by atoms with E-state index >= 15 is 0 Å². The molecule has 2 amide bonds. The first-order chi connectivity index (χ1) is 19.6. The van der Waals surface area contributed by atoms with Crippen molar-refractivity contribution in [1.29, 1.82) is 0 Å². The van der Waals surface area contributed by atoms with Gasteiger partial charge in [0.25, 0.3) is 0 Å². The number of amides is 2. The van der Waals surface area contributed by atoms with Crippen LogP contribution in [0.2, 0.25) is 0 Å². The third kappa shape index (κ3) is 4.44. The summed E-state index contributed by atoms with van der Waals surface area (Å²) < 4.78 is 6.03. The third-order valence-corrected chi connectivity index (χ3v) is 14.7. The van der Waals surface area contributed by atoms with Gasteiger partial charge in [-0.2, -0.15) is 0 Å². The van der Waals surface area contributed by atoms with Crippen LogP contribution in [0.3, 0.4) is 0 Å². The highest BCUT2D eigenvalue weighted by Crippen LogP contribution is 2.77. The Labute approximate surface area is 254 Å². The van der Waals surface area contributed by atoms with Crippen LogP contribution < -0.4 is 10.6 Å². The largest absolute Gasteiger partial charge is 0.480 e. The first-order valence-corrected chi connectivity index (χ1v) is 17.0. The Morgan fingerprint density at radius 3 is 2.19 bits per heavy atom. The Bertz CT molecular complexity index is 1090. The fourth-order valence-corrected chi connectivity index (χ4v) is 12.6. The van der Waals surface area contributed by atoms with Gasteiger partial charge in [0, 0.05) is 12.0 Å². The molecule has 0 heterocycles. The zero-order valence-electron chi connectivity index (χ0n) is 27.6. The maximum atomic E-state index is 13.9. The summed E-state index contributed by atoms with van der Waals surface area (Å²) in [5, 5.41) is 15.0. The minimum absolute atomic E-state index is 0.00442. The number of carboxylic acid groups (broad SMARTS) is 1. The van der Waals surface area contributed by atoms with Crippen LogP contribution in [0.5, 0.6) is 0 Å². The van der Waals surface area contributed by atoms with Gasteiger partial charge in [0.15, 0.2) is 0 Å². The van der Waals surface area contributed by atoms with Crippen LogP contribution in [0, 0.1) is 62.6 Å². The molecular formula is C35H58N2O5. The second-order valence-corrected chi connectivity index (χ2v) is 16.7. The molecule has 0 bridgehead atoms. The second-order valence-electron chi connectivity index (χ2n) is 16.7. The number of ether oxygens (including phenoxy) is 1. The number of hydrogen-bond acceptors (Lipinski definition) is 4. The Morgan fingerprint density at radius 1 is 0.833 bits per heavy atom. The predicted molar refractivity (Wildman–Crippen MR) is 164 cm³/mol. The monoisotopic (exact) mass is 586 g/mol. The Balaban J connectivity index is 1.46. The smallest absolute Gasteiger partial charge is 0.407 e. The summed E-state index contributed by atoms with van der Waals surface area (Å²) in [4.78, 5) is 37.7. The van der Waals surface area contributed by atoms with Crippen LogP contribution in [0.15, 0.2) is 0 Å². The molecule has 5 aliphatic rings. The molecule has 7 heteroatoms. The van der Waals surface area contributed by atoms with Crippen LogP contribution in [-0.2, 0) is 14.3 Å². The molecule has 0 aromatic heterocycles. The average molecular weight is 587 g/mol. The van der Waals surface area contributed by atoms with Crippen LogP contribution in [0.1, 0.15) is 120 Å². The molecule has 5 saturated carbocycles. The van der Waals surface area contributed by atoms with Gasteiger partial charge in [-0.3, -0.25) is 9.59 Å². The summed E-state index contributed by atoms with van der Waals surface area (Å²) in [6.45, 7) is 19.3. The molecule has 10 atom stereocenters. The van der Waals surface area contributed by atoms with E-state index in [0.717, 1.165) is 51.4 Å². The molecule has 5 rings (SSSR count). The summed E-state index contributed by atoms with van der Waals surface area (Å²) in [6, 6.07) is 0. The average Bonchev–Trinajstić information content (AvgIpc) is 3.31. The molecular weight excluding hydrogens is 528 g/mol. The van der Waals surface area contributed by atoms with Crippen molar-refractivity contribution < 1.29 is 24.2 Å². The molecule has 42 heavy (non-hydrogen) atoms. The van der Waals surface area contributed by atoms with E-state index in [9.17, 15) is 19.5 Å². The zero-order valence-corrected chi connectivity index (χ0v) is 27.6. The van der Waals surface area contributed by atoms with E-state index in [1.54, 1.807) is 0 Å². The van der Waals surface area contributed by atoms with Crippen molar-refractivity contribution >= 4 is 18.0 Å². The fourth-order valence-electron chi connectivity index (χ4n) is 12.6. The summed E-state index contributed by atoms with van der Waals surface area (Å²) >= 11 is 0. The second kappa shape index (κ2) is 10.7. The Morgan fingerprint density at radius 2 is 1.55 bits per heavy atom. The van der Waals surface area contributed by atoms with Gasteiger partial charge in [-0.15, -0.1) is 0 Å². The van der Waals surface area contributed by atoms with Gasteiger partial charge in [0.05, 0.1) is 5.41 Å². The maximum absolute atomic E-state index is 13.9. The number of carbonyl (C=O) groups excluding carboxylic acids is 2. The quantitative estimate of drug-likeness (QED) is 0.310. The number of carboxylic acids is 1. The molecule has 1 unspecified atom stereocenters. The van der Waals surface area contributed by atoms with E-state index in [2.05, 4.69) is 59.1 Å². The van der Waals surface area contributed by atoms with Crippen LogP contribution in [0.25, 0.3) is 0 Å². The number of fused-ring (bicyclic) bond motifs is 7. The van der Waals surface area contributed by atoms with E-state index in [0.29, 0.717) is 42.1 Å². The normalized spacial score (nSPS) is 45.5. The van der Waals surface area contributed by atoms with Gasteiger partial charge in [-0.05, 0) is 123 Å². The SMILES string of the molecule is CCNC(=O)O[C@@H]1CC[C@]2(C)[C@H]3CCC4[C@@H]5[C@H](C(C)C)CC[C@]5(C(=O)NCC(=O)O)CC[C@@]4(C)[C@]3(C)CC[C@H]2C1(C)C. The number of carbonyl (C=O) groups is 3. The Hall–Kier alpha value is -1.79. The maximum Gasteiger partial charge on any atom is 0.407 e. The van der Waals surface area contributed by atoms with E-state index < -0.39 is 11.4 Å². The number of alkyl carbamates (subject to hydrolysis) is 1. The summed E-state index contributed by atoms with van der Waals surface area (Å²) in [5.41, 5.74) is -0.0177. The van der Waals surface area contributed by atoms with Crippen molar-refractivity contribution in [2.24, 2.45) is 62.6 Å². The molecule has 0 saturated heterocycles. The lowest BCUT2D eigenvalue weighted by Gasteiger charge is -2.73. The van der Waals surface area contributed by atoms with E-state index in [4.69, 9.17) is 4.74 Å². The van der Waals surface area contributed by atoms with Gasteiger partial charge in [0.1, 0.15) is 12.6 Å². The molecule has 0 radical (unpaired) electrons. The summed E-state index contributed by atoms with van der Waals surface area (Å²) in [5.74, 6) is 1.91. The van der Waals surface area contributed by atoms with Gasteiger partial charge in [-0.1, -0.05) is 48.5 Å². The lowest BCUT2D eigenvalue weighted by atomic mass is 9.32. The number of rotatable bonds is 6. The molecule has 0 aliphatic heterocycles. The van der Waals surface area contributed by atoms with Crippen LogP contribution in [-0.4, -0.2) is 42.3 Å². The molecule has 5 aliphatic carbocycles. The topological polar surface area (TPSA) is 105 Å². The van der Waals surface area contributed by atoms with Gasteiger partial charge < -0.3 is 20.5 Å². The first kappa shape index (κ1) is 31.6. The third-order valence-electron chi connectivity index (χ3n) is 14.7. The van der Waals surface area contributed by atoms with Crippen molar-refractivity contribution in [2.75, 3.05) is 13.1 Å². The molecule has 0 aromatic carbocycles. The minimum Gasteiger partial charge on any atom is -0.480 e. The van der Waals surface area contributed by atoms with Crippen molar-refractivity contribution in [1.82, 2.24) is 10.6 Å². The van der Waals surface area contributed by atoms with Gasteiger partial charge >= 0.3 is 12.1 Å². The highest BCUT2D eigenvalue weighted by molar-refractivity contribution is 5.86. The number of hydrogen-bond donors (Lipinski definition) is 3. The number of aliphatic carboxylic acids is 1. The van der Waals surface area contributed by atoms with Crippen LogP contribution >= 0.6 is 0 Å². The molecule has 7 nitrogen and oxygen atoms in total. The van der Waals surface area contributed by atoms with Crippen molar-refractivity contribution in [3.05, 3.63) is 0 Å². The van der Waals surface area contributed by atoms with E-state index in [1.165, 1.54) is 12.8 Å². The fraction of sp³-hybridized carbons (Fsp3) is 0.914. The molecule has 0 aromatic rings. The van der Waals surface area contributed by atoms with Gasteiger partial charge in [0.2, 0.25) is 5.91 Å². The Kier molecular flexibility index (Phi) is 8.04. The molecule has 238 valence electrons. The van der Waals surface area contributed by atoms with Crippen molar-refractivity contribution in [3.63, 3.8) is 0 Å². The lowest BCUT2D eigenvalue weighted by Crippen LogP contribution is -2.67. The van der Waals surface area contributed by atoms with E-state index in [-0.39, 0.29) is 46.3 Å². The van der Waals surface area contributed by atoms with Gasteiger partial charge in [-0.25, -0.2) is 4.79 Å². The summed E-state index contributed by atoms with van der Waals surface area (Å²) in [6.07, 6.45) is 10.2. The first-order valence-electron chi connectivity index (χ1n) is 17.0. The van der Waals surface area contributed by atoms with Crippen molar-refractivity contribution in [2.45, 2.75) is 126 Å². The zero-order chi connectivity index (χ0) is 30.9. The minimum atomic E-state index is -0.970. The standard InChI is InChI=1S/C35H58N2O5/c1-9-36-30(41)42-26-14-15-32(6)24(31(26,4)5)13-16-34(8)25(32)11-10-23-28-22(21(2)3)12-17-35(28,19-18-33(23,34)7)29(40)37-20-27(38)39/h21-26,28H,9-20H2,1-8H3,(H,36,41)(H,37,40)(H,38,39)/t22-,23?,24-,25+,26+,28-,32-,33+,34+,35-/m0/s1. The lowest BCUT2D eigenvalue weighted by molar-refractivity contribution is -0.247. The van der Waals surface area contributed by atoms with Crippen molar-refractivity contribution in [3.8, 4) is 0 Å². The van der Waals surface area contributed by atoms with Crippen LogP contribution in [0.4, 0.5) is 4.79 Å². The molecule has 5 fully saturated rings.